The van der Waals surface area contributed by atoms with Crippen LogP contribution in [0, 0.1) is 5.92 Å². The number of rotatable bonds is 6. The summed E-state index contributed by atoms with van der Waals surface area (Å²) in [5, 5.41) is 3.33. The molecule has 1 aromatic heterocycles. The van der Waals surface area contributed by atoms with Gasteiger partial charge in [0.2, 0.25) is 17.8 Å². The molecule has 0 amide bonds. The molecule has 0 spiro atoms. The van der Waals surface area contributed by atoms with Gasteiger partial charge in [0.25, 0.3) is 0 Å². The van der Waals surface area contributed by atoms with E-state index < -0.39 is 0 Å². The molecular formula is C14H26N6. The van der Waals surface area contributed by atoms with Gasteiger partial charge in [-0.1, -0.05) is 13.8 Å². The number of hydrogen-bond donors (Lipinski definition) is 2. The van der Waals surface area contributed by atoms with Crippen molar-refractivity contribution in [1.82, 2.24) is 15.0 Å². The highest BCUT2D eigenvalue weighted by molar-refractivity contribution is 5.42. The first-order valence-corrected chi connectivity index (χ1v) is 7.57. The summed E-state index contributed by atoms with van der Waals surface area (Å²) in [6.07, 6.45) is 4.67. The highest BCUT2D eigenvalue weighted by Crippen LogP contribution is 2.18. The molecule has 0 bridgehead atoms. The van der Waals surface area contributed by atoms with Gasteiger partial charge in [-0.3, -0.25) is 0 Å². The summed E-state index contributed by atoms with van der Waals surface area (Å²) in [5.41, 5.74) is 5.80. The molecule has 0 aromatic carbocycles. The van der Waals surface area contributed by atoms with Crippen molar-refractivity contribution in [3.63, 3.8) is 0 Å². The monoisotopic (exact) mass is 278 g/mol. The largest absolute Gasteiger partial charge is 0.368 e. The molecule has 0 aliphatic carbocycles. The minimum absolute atomic E-state index is 0.292. The van der Waals surface area contributed by atoms with Gasteiger partial charge in [-0.15, -0.1) is 0 Å². The van der Waals surface area contributed by atoms with E-state index in [1.54, 1.807) is 0 Å². The smallest absolute Gasteiger partial charge is 0.231 e. The third-order valence-corrected chi connectivity index (χ3v) is 3.58. The molecule has 20 heavy (non-hydrogen) atoms. The lowest BCUT2D eigenvalue weighted by molar-refractivity contribution is 0.526. The minimum atomic E-state index is 0.292. The molecule has 1 aliphatic rings. The Morgan fingerprint density at radius 3 is 2.45 bits per heavy atom. The molecule has 6 nitrogen and oxygen atoms in total. The number of aromatic nitrogens is 3. The van der Waals surface area contributed by atoms with Crippen molar-refractivity contribution >= 4 is 17.8 Å². The molecular weight excluding hydrogens is 252 g/mol. The topological polar surface area (TPSA) is 80.0 Å². The third-order valence-electron chi connectivity index (χ3n) is 3.58. The molecule has 1 fully saturated rings. The molecule has 0 saturated carbocycles. The summed E-state index contributed by atoms with van der Waals surface area (Å²) in [7, 11) is 0. The predicted octanol–water partition coefficient (Wildman–Crippen LogP) is 2.29. The van der Waals surface area contributed by atoms with Gasteiger partial charge < -0.3 is 16.0 Å². The molecule has 2 heterocycles. The second-order valence-electron chi connectivity index (χ2n) is 6.03. The fourth-order valence-corrected chi connectivity index (χ4v) is 2.38. The summed E-state index contributed by atoms with van der Waals surface area (Å²) in [5.74, 6) is 2.30. The Hall–Kier alpha value is -1.59. The number of nitrogens with zero attached hydrogens (tertiary/aromatic N) is 4. The lowest BCUT2D eigenvalue weighted by Crippen LogP contribution is -2.24. The molecule has 1 unspecified atom stereocenters. The molecule has 1 aliphatic heterocycles. The highest BCUT2D eigenvalue weighted by atomic mass is 15.3. The number of hydrogen-bond acceptors (Lipinski definition) is 6. The van der Waals surface area contributed by atoms with E-state index >= 15 is 0 Å². The Kier molecular flexibility index (Phi) is 4.98. The van der Waals surface area contributed by atoms with Crippen LogP contribution in [0.15, 0.2) is 0 Å². The second-order valence-corrected chi connectivity index (χ2v) is 6.03. The zero-order valence-corrected chi connectivity index (χ0v) is 12.8. The van der Waals surface area contributed by atoms with Gasteiger partial charge in [-0.2, -0.15) is 15.0 Å². The van der Waals surface area contributed by atoms with Gasteiger partial charge in [0, 0.05) is 19.1 Å². The van der Waals surface area contributed by atoms with Gasteiger partial charge >= 0.3 is 0 Å². The standard InChI is InChI=1S/C14H26N6/c1-10(2)6-7-11(3)16-13-17-12(15)18-14(19-13)20-8-4-5-9-20/h10-11H,4-9H2,1-3H3,(H3,15,16,17,18,19). The molecule has 6 heteroatoms. The van der Waals surface area contributed by atoms with Crippen LogP contribution in [0.25, 0.3) is 0 Å². The maximum absolute atomic E-state index is 5.80. The van der Waals surface area contributed by atoms with Gasteiger partial charge in [0.1, 0.15) is 0 Å². The van der Waals surface area contributed by atoms with Crippen molar-refractivity contribution in [2.45, 2.75) is 52.5 Å². The Morgan fingerprint density at radius 2 is 1.80 bits per heavy atom. The summed E-state index contributed by atoms with van der Waals surface area (Å²) in [6.45, 7) is 8.63. The van der Waals surface area contributed by atoms with Crippen LogP contribution < -0.4 is 16.0 Å². The zero-order chi connectivity index (χ0) is 14.5. The normalized spacial score (nSPS) is 16.7. The summed E-state index contributed by atoms with van der Waals surface area (Å²) in [6, 6.07) is 0.339. The van der Waals surface area contributed by atoms with Gasteiger partial charge in [0.05, 0.1) is 0 Å². The van der Waals surface area contributed by atoms with E-state index in [4.69, 9.17) is 5.73 Å². The minimum Gasteiger partial charge on any atom is -0.368 e. The second kappa shape index (κ2) is 6.72. The maximum Gasteiger partial charge on any atom is 0.231 e. The van der Waals surface area contributed by atoms with E-state index in [0.717, 1.165) is 19.5 Å². The average Bonchev–Trinajstić information content (AvgIpc) is 2.89. The molecule has 112 valence electrons. The number of nitrogen functional groups attached to an aromatic ring is 1. The van der Waals surface area contributed by atoms with Crippen LogP contribution in [0.3, 0.4) is 0 Å². The van der Waals surface area contributed by atoms with E-state index in [1.165, 1.54) is 19.3 Å². The van der Waals surface area contributed by atoms with Crippen LogP contribution in [-0.2, 0) is 0 Å². The number of anilines is 3. The molecule has 1 atom stereocenters. The Morgan fingerprint density at radius 1 is 1.10 bits per heavy atom. The van der Waals surface area contributed by atoms with Crippen molar-refractivity contribution in [3.05, 3.63) is 0 Å². The SMILES string of the molecule is CC(C)CCC(C)Nc1nc(N)nc(N2CCCC2)n1. The van der Waals surface area contributed by atoms with Crippen LogP contribution in [-0.4, -0.2) is 34.1 Å². The third kappa shape index (κ3) is 4.21. The van der Waals surface area contributed by atoms with E-state index in [-0.39, 0.29) is 0 Å². The van der Waals surface area contributed by atoms with Gasteiger partial charge in [0.15, 0.2) is 0 Å². The van der Waals surface area contributed by atoms with Crippen LogP contribution in [0.1, 0.15) is 46.5 Å². The number of nitrogens with one attached hydrogen (secondary N) is 1. The van der Waals surface area contributed by atoms with Gasteiger partial charge in [-0.25, -0.2) is 0 Å². The molecule has 3 N–H and O–H groups in total. The van der Waals surface area contributed by atoms with E-state index in [1.807, 2.05) is 0 Å². The van der Waals surface area contributed by atoms with Crippen LogP contribution in [0.5, 0.6) is 0 Å². The Balaban J connectivity index is 2.00. The first-order chi connectivity index (χ1) is 9.54. The summed E-state index contributed by atoms with van der Waals surface area (Å²) < 4.78 is 0. The van der Waals surface area contributed by atoms with Crippen molar-refractivity contribution in [3.8, 4) is 0 Å². The lowest BCUT2D eigenvalue weighted by atomic mass is 10.0. The zero-order valence-electron chi connectivity index (χ0n) is 12.8. The highest BCUT2D eigenvalue weighted by Gasteiger charge is 2.17. The van der Waals surface area contributed by atoms with E-state index in [9.17, 15) is 0 Å². The Labute approximate surface area is 121 Å². The first kappa shape index (κ1) is 14.8. The molecule has 2 rings (SSSR count). The van der Waals surface area contributed by atoms with Crippen LogP contribution in [0.4, 0.5) is 17.8 Å². The molecule has 1 saturated heterocycles. The summed E-state index contributed by atoms with van der Waals surface area (Å²) >= 11 is 0. The van der Waals surface area contributed by atoms with E-state index in [2.05, 4.69) is 45.9 Å². The maximum atomic E-state index is 5.80. The van der Waals surface area contributed by atoms with Crippen LogP contribution >= 0.6 is 0 Å². The fraction of sp³-hybridized carbons (Fsp3) is 0.786. The quantitative estimate of drug-likeness (QED) is 0.831. The van der Waals surface area contributed by atoms with Crippen molar-refractivity contribution < 1.29 is 0 Å². The molecule has 0 radical (unpaired) electrons. The first-order valence-electron chi connectivity index (χ1n) is 7.57. The summed E-state index contributed by atoms with van der Waals surface area (Å²) in [4.78, 5) is 15.1. The van der Waals surface area contributed by atoms with Crippen LogP contribution in [0.2, 0.25) is 0 Å². The average molecular weight is 278 g/mol. The predicted molar refractivity (Wildman–Crippen MR) is 82.8 cm³/mol. The lowest BCUT2D eigenvalue weighted by Gasteiger charge is -2.18. The van der Waals surface area contributed by atoms with Crippen molar-refractivity contribution in [1.29, 1.82) is 0 Å². The Bertz CT molecular complexity index is 428. The van der Waals surface area contributed by atoms with Crippen molar-refractivity contribution in [2.24, 2.45) is 5.92 Å². The van der Waals surface area contributed by atoms with E-state index in [0.29, 0.717) is 29.8 Å². The van der Waals surface area contributed by atoms with Crippen molar-refractivity contribution in [2.75, 3.05) is 29.0 Å². The van der Waals surface area contributed by atoms with Gasteiger partial charge in [-0.05, 0) is 38.5 Å². The molecule has 1 aromatic rings. The number of nitrogens with two attached hydrogens (primary N) is 1. The fourth-order valence-electron chi connectivity index (χ4n) is 2.38.